The molecule has 5 rings (SSSR count). The second kappa shape index (κ2) is 14.6. The molecule has 3 unspecified atom stereocenters. The van der Waals surface area contributed by atoms with Crippen LogP contribution in [0.1, 0.15) is 44.7 Å². The van der Waals surface area contributed by atoms with Gasteiger partial charge < -0.3 is 29.3 Å². The molecule has 3 fully saturated rings. The SMILES string of the molecule is C=CCN(C(=O)[C@H]1[C@H]2C(=O)N([C@@H](CO)[C@@H](C)CC)C(C(=O)N(CC=C)c3c(C)cccc3C)C23CC(Br)[C@@H]1O3)c1ccc(OCC)cc1. The third kappa shape index (κ3) is 5.90. The molecule has 3 aliphatic rings. The highest BCUT2D eigenvalue weighted by atomic mass is 79.9. The van der Waals surface area contributed by atoms with E-state index in [1.165, 1.54) is 0 Å². The summed E-state index contributed by atoms with van der Waals surface area (Å²) in [6, 6.07) is 11.4. The maximum absolute atomic E-state index is 15.2. The number of halogens is 1. The molecule has 3 aliphatic heterocycles. The first-order chi connectivity index (χ1) is 23.0. The van der Waals surface area contributed by atoms with E-state index in [2.05, 4.69) is 29.1 Å². The average Bonchev–Trinajstić information content (AvgIpc) is 3.66. The maximum Gasteiger partial charge on any atom is 0.253 e. The van der Waals surface area contributed by atoms with Gasteiger partial charge in [-0.05, 0) is 68.5 Å². The van der Waals surface area contributed by atoms with E-state index in [1.54, 1.807) is 26.9 Å². The van der Waals surface area contributed by atoms with Crippen molar-refractivity contribution in [2.45, 2.75) is 76.1 Å². The number of alkyl halides is 1. The Morgan fingerprint density at radius 3 is 2.27 bits per heavy atom. The van der Waals surface area contributed by atoms with Crippen molar-refractivity contribution in [3.05, 3.63) is 78.9 Å². The Bertz CT molecular complexity index is 1530. The first-order valence-electron chi connectivity index (χ1n) is 16.9. The number of hydrogen-bond donors (Lipinski definition) is 1. The summed E-state index contributed by atoms with van der Waals surface area (Å²) in [4.78, 5) is 49.4. The number of aliphatic hydroxyl groups is 1. The van der Waals surface area contributed by atoms with Crippen molar-refractivity contribution in [3.63, 3.8) is 0 Å². The van der Waals surface area contributed by atoms with Crippen molar-refractivity contribution in [3.8, 4) is 5.75 Å². The van der Waals surface area contributed by atoms with Crippen LogP contribution in [0, 0.1) is 31.6 Å². The van der Waals surface area contributed by atoms with Crippen LogP contribution in [0.15, 0.2) is 67.8 Å². The summed E-state index contributed by atoms with van der Waals surface area (Å²) in [5.74, 6) is -2.15. The monoisotopic (exact) mass is 721 g/mol. The highest BCUT2D eigenvalue weighted by Crippen LogP contribution is 2.61. The van der Waals surface area contributed by atoms with E-state index < -0.39 is 35.6 Å². The quantitative estimate of drug-likeness (QED) is 0.202. The Morgan fingerprint density at radius 1 is 1.08 bits per heavy atom. The van der Waals surface area contributed by atoms with Gasteiger partial charge in [0, 0.05) is 29.3 Å². The zero-order valence-electron chi connectivity index (χ0n) is 28.6. The van der Waals surface area contributed by atoms with Crippen LogP contribution in [0.2, 0.25) is 0 Å². The fourth-order valence-corrected chi connectivity index (χ4v) is 9.06. The van der Waals surface area contributed by atoms with Crippen LogP contribution in [0.25, 0.3) is 0 Å². The molecule has 258 valence electrons. The maximum atomic E-state index is 15.2. The van der Waals surface area contributed by atoms with E-state index in [-0.39, 0.29) is 48.2 Å². The van der Waals surface area contributed by atoms with Crippen molar-refractivity contribution in [1.82, 2.24) is 4.90 Å². The molecule has 0 aromatic heterocycles. The molecule has 2 bridgehead atoms. The predicted molar refractivity (Wildman–Crippen MR) is 192 cm³/mol. The van der Waals surface area contributed by atoms with Crippen molar-refractivity contribution in [2.75, 3.05) is 36.1 Å². The summed E-state index contributed by atoms with van der Waals surface area (Å²) in [7, 11) is 0. The zero-order valence-corrected chi connectivity index (χ0v) is 30.2. The minimum absolute atomic E-state index is 0.121. The standard InChI is InChI=1S/C38H48BrN3O6/c1-8-19-40(26-15-17-27(18-16-26)47-11-4)35(44)30-31-36(45)42(29(22-43)23(5)10-3)34(38(31)21-28(39)33(30)48-38)37(46)41(20-9-2)32-24(6)13-12-14-25(32)7/h8-9,12-18,23,28-31,33-34,43H,1-2,10-11,19-22H2,3-7H3/t23-,28?,29-,30-,31-,33-,34?,38?/m0/s1. The van der Waals surface area contributed by atoms with Crippen LogP contribution in [-0.2, 0) is 19.1 Å². The van der Waals surface area contributed by atoms with Crippen LogP contribution in [0.3, 0.4) is 0 Å². The van der Waals surface area contributed by atoms with Gasteiger partial charge in [0.25, 0.3) is 5.91 Å². The smallest absolute Gasteiger partial charge is 0.253 e. The first kappa shape index (κ1) is 35.8. The molecule has 2 aromatic carbocycles. The van der Waals surface area contributed by atoms with E-state index in [9.17, 15) is 14.7 Å². The number of rotatable bonds is 14. The number of aryl methyl sites for hydroxylation is 2. The first-order valence-corrected chi connectivity index (χ1v) is 17.8. The third-order valence-corrected chi connectivity index (χ3v) is 11.3. The summed E-state index contributed by atoms with van der Waals surface area (Å²) in [6.45, 7) is 18.2. The lowest BCUT2D eigenvalue weighted by Crippen LogP contribution is -2.60. The van der Waals surface area contributed by atoms with Crippen LogP contribution in [-0.4, -0.2) is 82.6 Å². The molecule has 8 atom stereocenters. The Kier molecular flexibility index (Phi) is 10.9. The number of aliphatic hydroxyl groups excluding tert-OH is 1. The minimum atomic E-state index is -1.29. The number of hydrogen-bond acceptors (Lipinski definition) is 6. The molecule has 0 saturated carbocycles. The van der Waals surface area contributed by atoms with Crippen molar-refractivity contribution >= 4 is 45.0 Å². The van der Waals surface area contributed by atoms with Crippen molar-refractivity contribution in [1.29, 1.82) is 0 Å². The Hall–Kier alpha value is -3.47. The van der Waals surface area contributed by atoms with Gasteiger partial charge in [-0.2, -0.15) is 0 Å². The van der Waals surface area contributed by atoms with Gasteiger partial charge in [0.1, 0.15) is 17.4 Å². The molecule has 3 heterocycles. The summed E-state index contributed by atoms with van der Waals surface area (Å²) in [5, 5.41) is 10.8. The summed E-state index contributed by atoms with van der Waals surface area (Å²) in [6.07, 6.45) is 3.74. The topological polar surface area (TPSA) is 99.6 Å². The Labute approximate surface area is 292 Å². The van der Waals surface area contributed by atoms with Crippen molar-refractivity contribution in [2.24, 2.45) is 17.8 Å². The largest absolute Gasteiger partial charge is 0.494 e. The molecular weight excluding hydrogens is 674 g/mol. The molecule has 1 spiro atoms. The van der Waals surface area contributed by atoms with E-state index in [1.807, 2.05) is 77.1 Å². The zero-order chi connectivity index (χ0) is 34.9. The highest BCUT2D eigenvalue weighted by molar-refractivity contribution is 9.09. The van der Waals surface area contributed by atoms with Gasteiger partial charge in [-0.1, -0.05) is 66.5 Å². The Morgan fingerprint density at radius 2 is 1.71 bits per heavy atom. The molecule has 0 radical (unpaired) electrons. The van der Waals surface area contributed by atoms with Gasteiger partial charge in [-0.25, -0.2) is 0 Å². The van der Waals surface area contributed by atoms with Crippen LogP contribution in [0.5, 0.6) is 5.75 Å². The molecule has 10 heteroatoms. The molecule has 3 saturated heterocycles. The lowest BCUT2D eigenvalue weighted by atomic mass is 9.70. The summed E-state index contributed by atoms with van der Waals surface area (Å²) >= 11 is 3.80. The number of para-hydroxylation sites is 1. The molecule has 1 N–H and O–H groups in total. The van der Waals surface area contributed by atoms with Crippen LogP contribution in [0.4, 0.5) is 11.4 Å². The number of fused-ring (bicyclic) bond motifs is 1. The number of ether oxygens (including phenoxy) is 2. The molecule has 0 aliphatic carbocycles. The number of benzene rings is 2. The molecule has 48 heavy (non-hydrogen) atoms. The normalized spacial score (nSPS) is 26.9. The second-order valence-corrected chi connectivity index (χ2v) is 14.4. The fraction of sp³-hybridized carbons (Fsp3) is 0.500. The predicted octanol–water partition coefficient (Wildman–Crippen LogP) is 5.60. The number of nitrogens with zero attached hydrogens (tertiary/aromatic N) is 3. The average molecular weight is 723 g/mol. The minimum Gasteiger partial charge on any atom is -0.494 e. The van der Waals surface area contributed by atoms with Gasteiger partial charge in [0.05, 0.1) is 37.2 Å². The number of carbonyl (C=O) groups excluding carboxylic acids is 3. The van der Waals surface area contributed by atoms with E-state index in [0.717, 1.165) is 16.8 Å². The Balaban J connectivity index is 1.64. The van der Waals surface area contributed by atoms with Crippen LogP contribution < -0.4 is 14.5 Å². The van der Waals surface area contributed by atoms with E-state index in [0.29, 0.717) is 30.9 Å². The van der Waals surface area contributed by atoms with E-state index in [4.69, 9.17) is 9.47 Å². The van der Waals surface area contributed by atoms with Crippen molar-refractivity contribution < 1.29 is 29.0 Å². The number of likely N-dealkylation sites (tertiary alicyclic amines) is 1. The highest BCUT2D eigenvalue weighted by Gasteiger charge is 2.77. The lowest BCUT2D eigenvalue weighted by molar-refractivity contribution is -0.145. The van der Waals surface area contributed by atoms with Gasteiger partial charge in [-0.3, -0.25) is 14.4 Å². The van der Waals surface area contributed by atoms with Gasteiger partial charge in [0.15, 0.2) is 0 Å². The van der Waals surface area contributed by atoms with Gasteiger partial charge in [0.2, 0.25) is 11.8 Å². The molecular formula is C38H48BrN3O6. The third-order valence-electron chi connectivity index (χ3n) is 10.4. The lowest BCUT2D eigenvalue weighted by Gasteiger charge is -2.41. The molecule has 3 amide bonds. The van der Waals surface area contributed by atoms with Gasteiger partial charge >= 0.3 is 0 Å². The van der Waals surface area contributed by atoms with Gasteiger partial charge in [-0.15, -0.1) is 13.2 Å². The summed E-state index contributed by atoms with van der Waals surface area (Å²) < 4.78 is 12.5. The molecule has 9 nitrogen and oxygen atoms in total. The number of anilines is 2. The molecule has 2 aromatic rings. The number of carbonyl (C=O) groups is 3. The fourth-order valence-electron chi connectivity index (χ4n) is 8.12. The summed E-state index contributed by atoms with van der Waals surface area (Å²) in [5.41, 5.74) is 1.93. The van der Waals surface area contributed by atoms with E-state index >= 15 is 4.79 Å². The second-order valence-electron chi connectivity index (χ2n) is 13.2. The van der Waals surface area contributed by atoms with Crippen LogP contribution >= 0.6 is 15.9 Å². The number of amides is 3.